The lowest BCUT2D eigenvalue weighted by Gasteiger charge is -2.37. The highest BCUT2D eigenvalue weighted by molar-refractivity contribution is 6.05. The summed E-state index contributed by atoms with van der Waals surface area (Å²) in [6, 6.07) is 17.6. The Morgan fingerprint density at radius 1 is 0.879 bits per heavy atom. The number of carboxylic acids is 1. The topological polar surface area (TPSA) is 103 Å². The zero-order valence-electron chi connectivity index (χ0n) is 18.2. The van der Waals surface area contributed by atoms with Crippen molar-refractivity contribution < 1.29 is 19.5 Å². The van der Waals surface area contributed by atoms with Crippen molar-refractivity contribution in [1.82, 2.24) is 4.98 Å². The van der Waals surface area contributed by atoms with Gasteiger partial charge in [0.25, 0.3) is 5.91 Å². The quantitative estimate of drug-likeness (QED) is 0.561. The zero-order valence-corrected chi connectivity index (χ0v) is 18.2. The molecule has 0 unspecified atom stereocenters. The van der Waals surface area contributed by atoms with Crippen molar-refractivity contribution in [2.75, 3.05) is 41.3 Å². The van der Waals surface area contributed by atoms with Crippen molar-refractivity contribution in [3.63, 3.8) is 0 Å². The highest BCUT2D eigenvalue weighted by Crippen LogP contribution is 2.25. The second-order valence-corrected chi connectivity index (χ2v) is 7.80. The Hall–Kier alpha value is -4.20. The third-order valence-electron chi connectivity index (χ3n) is 5.61. The van der Waals surface area contributed by atoms with E-state index in [4.69, 9.17) is 0 Å². The molecule has 1 saturated heterocycles. The smallest absolute Gasteiger partial charge is 0.339 e. The Labute approximate surface area is 191 Å². The van der Waals surface area contributed by atoms with Crippen LogP contribution in [0.5, 0.6) is 0 Å². The predicted octanol–water partition coefficient (Wildman–Crippen LogP) is 3.56. The number of nitrogens with one attached hydrogen (secondary N) is 1. The Balaban J connectivity index is 1.46. The molecule has 1 aromatic heterocycles. The van der Waals surface area contributed by atoms with E-state index in [0.717, 1.165) is 5.69 Å². The minimum absolute atomic E-state index is 0.0297. The summed E-state index contributed by atoms with van der Waals surface area (Å²) in [7, 11) is 0. The van der Waals surface area contributed by atoms with Gasteiger partial charge in [-0.1, -0.05) is 18.2 Å². The van der Waals surface area contributed by atoms with Crippen LogP contribution in [0.3, 0.4) is 0 Å². The monoisotopic (exact) mass is 444 g/mol. The average molecular weight is 444 g/mol. The van der Waals surface area contributed by atoms with E-state index in [9.17, 15) is 19.5 Å². The molecule has 33 heavy (non-hydrogen) atoms. The lowest BCUT2D eigenvalue weighted by atomic mass is 10.1. The summed E-state index contributed by atoms with van der Waals surface area (Å²) in [4.78, 5) is 44.3. The summed E-state index contributed by atoms with van der Waals surface area (Å²) in [5, 5.41) is 12.5. The van der Waals surface area contributed by atoms with Gasteiger partial charge in [-0.2, -0.15) is 0 Å². The molecule has 0 bridgehead atoms. The Bertz CT molecular complexity index is 1170. The van der Waals surface area contributed by atoms with Crippen LogP contribution in [0.4, 0.5) is 17.2 Å². The van der Waals surface area contributed by atoms with E-state index in [1.54, 1.807) is 31.2 Å². The predicted molar refractivity (Wildman–Crippen MR) is 126 cm³/mol. The number of aromatic nitrogens is 1. The van der Waals surface area contributed by atoms with Crippen LogP contribution in [-0.2, 0) is 0 Å². The Morgan fingerprint density at radius 3 is 2.12 bits per heavy atom. The molecule has 2 aromatic carbocycles. The van der Waals surface area contributed by atoms with Crippen molar-refractivity contribution in [2.45, 2.75) is 6.92 Å². The summed E-state index contributed by atoms with van der Waals surface area (Å²) < 4.78 is 0. The van der Waals surface area contributed by atoms with Gasteiger partial charge in [0.1, 0.15) is 11.4 Å². The van der Waals surface area contributed by atoms with Crippen LogP contribution < -0.4 is 15.1 Å². The number of anilines is 3. The maximum Gasteiger partial charge on any atom is 0.339 e. The number of ketones is 1. The van der Waals surface area contributed by atoms with Gasteiger partial charge in [0, 0.05) is 43.0 Å². The van der Waals surface area contributed by atoms with Gasteiger partial charge >= 0.3 is 5.97 Å². The molecule has 0 spiro atoms. The molecule has 0 aliphatic carbocycles. The van der Waals surface area contributed by atoms with Crippen molar-refractivity contribution in [2.24, 2.45) is 0 Å². The number of nitrogens with zero attached hydrogens (tertiary/aromatic N) is 3. The SMILES string of the molecule is CC(=O)c1ccc(N2CCN(c3ncc(NC(=O)c4ccccc4)cc3C(=O)O)CC2)cc1. The van der Waals surface area contributed by atoms with Crippen LogP contribution in [0.1, 0.15) is 38.0 Å². The fraction of sp³-hybridized carbons (Fsp3) is 0.200. The van der Waals surface area contributed by atoms with Crippen molar-refractivity contribution >= 4 is 34.9 Å². The number of Topliss-reactive ketones (excluding diaryl/α,β-unsaturated/α-hetero) is 1. The number of piperazine rings is 1. The number of carboxylic acid groups (broad SMARTS) is 1. The van der Waals surface area contributed by atoms with Crippen LogP contribution >= 0.6 is 0 Å². The standard InChI is InChI=1S/C25H24N4O4/c1-17(30)18-7-9-21(10-8-18)28-11-13-29(14-12-28)23-22(25(32)33)15-20(16-26-23)27-24(31)19-5-3-2-4-6-19/h2-10,15-16H,11-14H2,1H3,(H,27,31)(H,32,33). The van der Waals surface area contributed by atoms with E-state index >= 15 is 0 Å². The number of aromatic carboxylic acids is 1. The molecule has 2 N–H and O–H groups in total. The Morgan fingerprint density at radius 2 is 1.52 bits per heavy atom. The second-order valence-electron chi connectivity index (χ2n) is 7.80. The first kappa shape index (κ1) is 22.0. The van der Waals surface area contributed by atoms with E-state index < -0.39 is 5.97 Å². The lowest BCUT2D eigenvalue weighted by molar-refractivity contribution is 0.0696. The van der Waals surface area contributed by atoms with Gasteiger partial charge in [-0.25, -0.2) is 9.78 Å². The second kappa shape index (κ2) is 9.52. The molecule has 0 saturated carbocycles. The largest absolute Gasteiger partial charge is 0.478 e. The third-order valence-corrected chi connectivity index (χ3v) is 5.61. The van der Waals surface area contributed by atoms with Crippen LogP contribution in [0.15, 0.2) is 66.9 Å². The molecule has 3 aromatic rings. The third kappa shape index (κ3) is 5.01. The number of carbonyl (C=O) groups is 3. The number of rotatable bonds is 6. The average Bonchev–Trinajstić information content (AvgIpc) is 2.84. The maximum absolute atomic E-state index is 12.4. The van der Waals surface area contributed by atoms with Gasteiger partial charge in [0.05, 0.1) is 11.9 Å². The van der Waals surface area contributed by atoms with E-state index in [1.807, 2.05) is 35.2 Å². The fourth-order valence-corrected chi connectivity index (χ4v) is 3.81. The van der Waals surface area contributed by atoms with Gasteiger partial charge in [0.2, 0.25) is 0 Å². The van der Waals surface area contributed by atoms with E-state index in [-0.39, 0.29) is 17.3 Å². The van der Waals surface area contributed by atoms with Crippen LogP contribution in [0, 0.1) is 0 Å². The molecular weight excluding hydrogens is 420 g/mol. The molecule has 8 heteroatoms. The van der Waals surface area contributed by atoms with E-state index in [0.29, 0.717) is 48.8 Å². The van der Waals surface area contributed by atoms with Gasteiger partial charge < -0.3 is 20.2 Å². The van der Waals surface area contributed by atoms with E-state index in [2.05, 4.69) is 15.2 Å². The number of carbonyl (C=O) groups excluding carboxylic acids is 2. The zero-order chi connectivity index (χ0) is 23.4. The number of benzene rings is 2. The van der Waals surface area contributed by atoms with E-state index in [1.165, 1.54) is 12.3 Å². The molecule has 1 aliphatic rings. The number of amides is 1. The highest BCUT2D eigenvalue weighted by atomic mass is 16.4. The summed E-state index contributed by atoms with van der Waals surface area (Å²) in [5.41, 5.74) is 2.54. The van der Waals surface area contributed by atoms with Crippen molar-refractivity contribution in [3.05, 3.63) is 83.6 Å². The fourth-order valence-electron chi connectivity index (χ4n) is 3.81. The number of pyridine rings is 1. The summed E-state index contributed by atoms with van der Waals surface area (Å²) in [6.45, 7) is 4.10. The molecule has 8 nitrogen and oxygen atoms in total. The molecule has 1 amide bonds. The van der Waals surface area contributed by atoms with Crippen LogP contribution in [0.2, 0.25) is 0 Å². The Kier molecular flexibility index (Phi) is 6.35. The van der Waals surface area contributed by atoms with Gasteiger partial charge in [-0.05, 0) is 49.4 Å². The molecular formula is C25H24N4O4. The first-order valence-electron chi connectivity index (χ1n) is 10.6. The summed E-state index contributed by atoms with van der Waals surface area (Å²) >= 11 is 0. The molecule has 168 valence electrons. The molecule has 1 aliphatic heterocycles. The van der Waals surface area contributed by atoms with Crippen molar-refractivity contribution in [3.8, 4) is 0 Å². The van der Waals surface area contributed by atoms with Crippen LogP contribution in [-0.4, -0.2) is 53.9 Å². The highest BCUT2D eigenvalue weighted by Gasteiger charge is 2.24. The van der Waals surface area contributed by atoms with Gasteiger partial charge in [-0.15, -0.1) is 0 Å². The molecule has 4 rings (SSSR count). The number of hydrogen-bond donors (Lipinski definition) is 2. The normalized spacial score (nSPS) is 13.5. The molecule has 2 heterocycles. The van der Waals surface area contributed by atoms with Crippen LogP contribution in [0.25, 0.3) is 0 Å². The minimum atomic E-state index is -1.10. The van der Waals surface area contributed by atoms with Crippen molar-refractivity contribution in [1.29, 1.82) is 0 Å². The summed E-state index contributed by atoms with van der Waals surface area (Å²) in [6.07, 6.45) is 1.48. The summed E-state index contributed by atoms with van der Waals surface area (Å²) in [5.74, 6) is -1.02. The van der Waals surface area contributed by atoms with Gasteiger partial charge in [-0.3, -0.25) is 9.59 Å². The molecule has 0 radical (unpaired) electrons. The number of hydrogen-bond acceptors (Lipinski definition) is 6. The first-order chi connectivity index (χ1) is 15.9. The first-order valence-corrected chi connectivity index (χ1v) is 10.6. The molecule has 0 atom stereocenters. The minimum Gasteiger partial charge on any atom is -0.478 e. The van der Waals surface area contributed by atoms with Gasteiger partial charge in [0.15, 0.2) is 5.78 Å². The maximum atomic E-state index is 12.4. The molecule has 1 fully saturated rings. The lowest BCUT2D eigenvalue weighted by Crippen LogP contribution is -2.47.